The highest BCUT2D eigenvalue weighted by Crippen LogP contribution is 2.36. The highest BCUT2D eigenvalue weighted by molar-refractivity contribution is 7.99. The number of rotatable bonds is 2. The molecular weight excluding hydrogens is 354 g/mol. The molecule has 7 heteroatoms. The number of benzene rings is 2. The minimum Gasteiger partial charge on any atom is -0.338 e. The number of thioether (sulfide) groups is 1. The van der Waals surface area contributed by atoms with Gasteiger partial charge < -0.3 is 4.90 Å². The molecule has 1 aliphatic heterocycles. The number of amides is 1. The van der Waals surface area contributed by atoms with E-state index in [1.54, 1.807) is 0 Å². The third-order valence-electron chi connectivity index (χ3n) is 4.10. The lowest BCUT2D eigenvalue weighted by molar-refractivity contribution is 0.0761. The summed E-state index contributed by atoms with van der Waals surface area (Å²) < 4.78 is 54.2. The standard InChI is InChI=1S/C18H15F4NOS/c19-11-2-4-15(21)14(9-11)17-5-6-23(7-8-25-17)18(24)13-3-1-12(20)10-16(13)22/h1-4,9-10,17H,5-8H2. The monoisotopic (exact) mass is 369 g/mol. The Bertz CT molecular complexity index is 799. The molecule has 25 heavy (non-hydrogen) atoms. The maximum Gasteiger partial charge on any atom is 0.256 e. The van der Waals surface area contributed by atoms with E-state index < -0.39 is 29.2 Å². The fourth-order valence-corrected chi connectivity index (χ4v) is 4.06. The van der Waals surface area contributed by atoms with Gasteiger partial charge in [-0.2, -0.15) is 11.8 Å². The minimum atomic E-state index is -0.908. The molecule has 1 fully saturated rings. The number of hydrogen-bond donors (Lipinski definition) is 0. The van der Waals surface area contributed by atoms with Gasteiger partial charge in [-0.3, -0.25) is 4.79 Å². The zero-order chi connectivity index (χ0) is 18.0. The summed E-state index contributed by atoms with van der Waals surface area (Å²) in [5.74, 6) is -2.67. The molecule has 2 aromatic carbocycles. The summed E-state index contributed by atoms with van der Waals surface area (Å²) in [5.41, 5.74) is 0.0778. The molecular formula is C18H15F4NOS. The highest BCUT2D eigenvalue weighted by Gasteiger charge is 2.26. The van der Waals surface area contributed by atoms with Crippen LogP contribution in [0.2, 0.25) is 0 Å². The predicted octanol–water partition coefficient (Wildman–Crippen LogP) is 4.56. The lowest BCUT2D eigenvalue weighted by Crippen LogP contribution is -2.33. The van der Waals surface area contributed by atoms with Crippen LogP contribution in [0, 0.1) is 23.3 Å². The zero-order valence-corrected chi connectivity index (χ0v) is 14.0. The summed E-state index contributed by atoms with van der Waals surface area (Å²) in [6, 6.07) is 6.15. The van der Waals surface area contributed by atoms with Gasteiger partial charge in [-0.05, 0) is 36.8 Å². The first kappa shape index (κ1) is 17.8. The van der Waals surface area contributed by atoms with Crippen LogP contribution in [-0.2, 0) is 0 Å². The van der Waals surface area contributed by atoms with Crippen LogP contribution < -0.4 is 0 Å². The Labute approximate surface area is 146 Å². The van der Waals surface area contributed by atoms with E-state index in [2.05, 4.69) is 0 Å². The molecule has 0 aliphatic carbocycles. The molecule has 0 radical (unpaired) electrons. The van der Waals surface area contributed by atoms with E-state index in [0.717, 1.165) is 24.3 Å². The van der Waals surface area contributed by atoms with Gasteiger partial charge in [0.05, 0.1) is 5.56 Å². The summed E-state index contributed by atoms with van der Waals surface area (Å²) in [5, 5.41) is -0.286. The molecule has 2 aromatic rings. The van der Waals surface area contributed by atoms with Crippen LogP contribution in [0.1, 0.15) is 27.6 Å². The second-order valence-electron chi connectivity index (χ2n) is 5.73. The summed E-state index contributed by atoms with van der Waals surface area (Å²) >= 11 is 1.43. The third kappa shape index (κ3) is 3.98. The van der Waals surface area contributed by atoms with Gasteiger partial charge in [0.2, 0.25) is 0 Å². The van der Waals surface area contributed by atoms with E-state index in [1.807, 2.05) is 0 Å². The number of halogens is 4. The zero-order valence-electron chi connectivity index (χ0n) is 13.1. The Kier molecular flexibility index (Phi) is 5.32. The topological polar surface area (TPSA) is 20.3 Å². The number of carbonyl (C=O) groups excluding carboxylic acids is 1. The van der Waals surface area contributed by atoms with Crippen molar-refractivity contribution < 1.29 is 22.4 Å². The summed E-state index contributed by atoms with van der Waals surface area (Å²) in [6.07, 6.45) is 0.416. The van der Waals surface area contributed by atoms with E-state index in [0.29, 0.717) is 24.8 Å². The Hall–Kier alpha value is -2.02. The van der Waals surface area contributed by atoms with Crippen molar-refractivity contribution in [3.8, 4) is 0 Å². The molecule has 1 aliphatic rings. The molecule has 0 N–H and O–H groups in total. The molecule has 1 unspecified atom stereocenters. The maximum atomic E-state index is 14.0. The van der Waals surface area contributed by atoms with E-state index in [9.17, 15) is 22.4 Å². The predicted molar refractivity (Wildman–Crippen MR) is 88.4 cm³/mol. The summed E-state index contributed by atoms with van der Waals surface area (Å²) in [7, 11) is 0. The number of carbonyl (C=O) groups is 1. The van der Waals surface area contributed by atoms with Gasteiger partial charge in [-0.1, -0.05) is 0 Å². The Balaban J connectivity index is 1.75. The van der Waals surface area contributed by atoms with Gasteiger partial charge in [-0.15, -0.1) is 0 Å². The number of hydrogen-bond acceptors (Lipinski definition) is 2. The van der Waals surface area contributed by atoms with Crippen LogP contribution in [0.25, 0.3) is 0 Å². The van der Waals surface area contributed by atoms with Gasteiger partial charge in [0.25, 0.3) is 5.91 Å². The first-order valence-electron chi connectivity index (χ1n) is 7.76. The van der Waals surface area contributed by atoms with Crippen LogP contribution in [0.15, 0.2) is 36.4 Å². The molecule has 0 aromatic heterocycles. The van der Waals surface area contributed by atoms with Gasteiger partial charge >= 0.3 is 0 Å². The first-order valence-corrected chi connectivity index (χ1v) is 8.81. The van der Waals surface area contributed by atoms with Gasteiger partial charge in [0, 0.05) is 35.7 Å². The van der Waals surface area contributed by atoms with Crippen LogP contribution in [-0.4, -0.2) is 29.6 Å². The fourth-order valence-electron chi connectivity index (χ4n) is 2.82. The molecule has 1 heterocycles. The van der Waals surface area contributed by atoms with Crippen molar-refractivity contribution in [1.82, 2.24) is 4.90 Å². The largest absolute Gasteiger partial charge is 0.338 e. The third-order valence-corrected chi connectivity index (χ3v) is 5.41. The second kappa shape index (κ2) is 7.47. The average molecular weight is 369 g/mol. The smallest absolute Gasteiger partial charge is 0.256 e. The average Bonchev–Trinajstić information content (AvgIpc) is 2.82. The number of nitrogens with zero attached hydrogens (tertiary/aromatic N) is 1. The highest BCUT2D eigenvalue weighted by atomic mass is 32.2. The van der Waals surface area contributed by atoms with Crippen molar-refractivity contribution in [3.05, 3.63) is 70.8 Å². The molecule has 0 saturated carbocycles. The second-order valence-corrected chi connectivity index (χ2v) is 7.04. The Morgan fingerprint density at radius 3 is 2.44 bits per heavy atom. The lowest BCUT2D eigenvalue weighted by Gasteiger charge is -2.20. The van der Waals surface area contributed by atoms with Crippen molar-refractivity contribution in [3.63, 3.8) is 0 Å². The maximum absolute atomic E-state index is 14.0. The van der Waals surface area contributed by atoms with Crippen LogP contribution in [0.3, 0.4) is 0 Å². The van der Waals surface area contributed by atoms with Gasteiger partial charge in [0.15, 0.2) is 0 Å². The summed E-state index contributed by atoms with van der Waals surface area (Å²) in [6.45, 7) is 0.636. The van der Waals surface area contributed by atoms with Crippen LogP contribution in [0.5, 0.6) is 0 Å². The van der Waals surface area contributed by atoms with Crippen molar-refractivity contribution in [2.75, 3.05) is 18.8 Å². The molecule has 0 spiro atoms. The van der Waals surface area contributed by atoms with E-state index in [4.69, 9.17) is 0 Å². The molecule has 132 valence electrons. The molecule has 1 amide bonds. The SMILES string of the molecule is O=C(c1ccc(F)cc1F)N1CCSC(c2cc(F)ccc2F)CC1. The Morgan fingerprint density at radius 2 is 1.68 bits per heavy atom. The normalized spacial score (nSPS) is 18.1. The molecule has 2 nitrogen and oxygen atoms in total. The molecule has 1 atom stereocenters. The van der Waals surface area contributed by atoms with Gasteiger partial charge in [-0.25, -0.2) is 17.6 Å². The minimum absolute atomic E-state index is 0.193. The summed E-state index contributed by atoms with van der Waals surface area (Å²) in [4.78, 5) is 13.9. The lowest BCUT2D eigenvalue weighted by atomic mass is 10.1. The van der Waals surface area contributed by atoms with Gasteiger partial charge in [0.1, 0.15) is 23.3 Å². The Morgan fingerprint density at radius 1 is 0.960 bits per heavy atom. The van der Waals surface area contributed by atoms with Crippen molar-refractivity contribution in [1.29, 1.82) is 0 Å². The van der Waals surface area contributed by atoms with E-state index in [1.165, 1.54) is 22.7 Å². The van der Waals surface area contributed by atoms with Crippen LogP contribution >= 0.6 is 11.8 Å². The fraction of sp³-hybridized carbons (Fsp3) is 0.278. The van der Waals surface area contributed by atoms with Crippen molar-refractivity contribution in [2.24, 2.45) is 0 Å². The first-order chi connectivity index (χ1) is 12.0. The molecule has 1 saturated heterocycles. The van der Waals surface area contributed by atoms with Crippen molar-refractivity contribution >= 4 is 17.7 Å². The van der Waals surface area contributed by atoms with E-state index >= 15 is 0 Å². The molecule has 3 rings (SSSR count). The van der Waals surface area contributed by atoms with E-state index in [-0.39, 0.29) is 22.9 Å². The van der Waals surface area contributed by atoms with Crippen LogP contribution in [0.4, 0.5) is 17.6 Å². The van der Waals surface area contributed by atoms with Crippen molar-refractivity contribution in [2.45, 2.75) is 11.7 Å². The molecule has 0 bridgehead atoms. The quantitative estimate of drug-likeness (QED) is 0.723.